The Kier molecular flexibility index (Phi) is 3.97. The maximum atomic E-state index is 9.59. The molecule has 0 atom stereocenters. The number of hydrogen-bond donors (Lipinski definition) is 2. The van der Waals surface area contributed by atoms with Crippen molar-refractivity contribution in [3.05, 3.63) is 23.3 Å². The maximum absolute atomic E-state index is 9.59. The molecule has 0 aromatic heterocycles. The Morgan fingerprint density at radius 2 is 1.80 bits per heavy atom. The average Bonchev–Trinajstić information content (AvgIpc) is 2.13. The Labute approximate surface area is 91.1 Å². The molecule has 0 unspecified atom stereocenters. The molecule has 3 nitrogen and oxygen atoms in total. The van der Waals surface area contributed by atoms with E-state index in [2.05, 4.69) is 5.32 Å². The molecule has 0 radical (unpaired) electrons. The van der Waals surface area contributed by atoms with Crippen molar-refractivity contribution in [1.82, 2.24) is 0 Å². The number of hydrogen-bond acceptors (Lipinski definition) is 3. The molecule has 0 fully saturated rings. The van der Waals surface area contributed by atoms with Crippen LogP contribution in [0.15, 0.2) is 12.1 Å². The van der Waals surface area contributed by atoms with Gasteiger partial charge < -0.3 is 15.2 Å². The zero-order valence-electron chi connectivity index (χ0n) is 9.79. The van der Waals surface area contributed by atoms with Crippen LogP contribution in [-0.4, -0.2) is 17.9 Å². The first-order valence-electron chi connectivity index (χ1n) is 5.16. The lowest BCUT2D eigenvalue weighted by Gasteiger charge is -2.12. The van der Waals surface area contributed by atoms with E-state index in [-0.39, 0.29) is 6.10 Å². The molecule has 15 heavy (non-hydrogen) atoms. The zero-order valence-corrected chi connectivity index (χ0v) is 9.79. The number of phenols is 1. The van der Waals surface area contributed by atoms with Gasteiger partial charge in [-0.2, -0.15) is 0 Å². The number of aromatic hydroxyl groups is 1. The Hall–Kier alpha value is -1.22. The second-order valence-electron chi connectivity index (χ2n) is 4.00. The third-order valence-electron chi connectivity index (χ3n) is 2.18. The summed E-state index contributed by atoms with van der Waals surface area (Å²) in [5, 5.41) is 12.7. The van der Waals surface area contributed by atoms with E-state index in [0.29, 0.717) is 12.5 Å². The Morgan fingerprint density at radius 3 is 2.27 bits per heavy atom. The van der Waals surface area contributed by atoms with Crippen molar-refractivity contribution in [3.8, 4) is 5.75 Å². The van der Waals surface area contributed by atoms with E-state index < -0.39 is 0 Å². The molecule has 1 rings (SSSR count). The van der Waals surface area contributed by atoms with Crippen LogP contribution in [0.25, 0.3) is 0 Å². The van der Waals surface area contributed by atoms with Crippen molar-refractivity contribution < 1.29 is 9.84 Å². The second-order valence-corrected chi connectivity index (χ2v) is 4.00. The van der Waals surface area contributed by atoms with Crippen LogP contribution >= 0.6 is 0 Å². The van der Waals surface area contributed by atoms with Crippen LogP contribution in [0.3, 0.4) is 0 Å². The summed E-state index contributed by atoms with van der Waals surface area (Å²) >= 11 is 0. The number of rotatable bonds is 4. The molecule has 0 heterocycles. The molecule has 0 aliphatic carbocycles. The molecule has 84 valence electrons. The first kappa shape index (κ1) is 11.9. The first-order valence-corrected chi connectivity index (χ1v) is 5.16. The molecular formula is C12H19NO2. The fraction of sp³-hybridized carbons (Fsp3) is 0.500. The molecule has 0 saturated carbocycles. The van der Waals surface area contributed by atoms with Gasteiger partial charge in [-0.3, -0.25) is 0 Å². The van der Waals surface area contributed by atoms with Gasteiger partial charge in [0.25, 0.3) is 0 Å². The molecule has 0 amide bonds. The van der Waals surface area contributed by atoms with Gasteiger partial charge in [0.1, 0.15) is 12.5 Å². The van der Waals surface area contributed by atoms with E-state index in [0.717, 1.165) is 16.8 Å². The summed E-state index contributed by atoms with van der Waals surface area (Å²) in [4.78, 5) is 0. The van der Waals surface area contributed by atoms with Gasteiger partial charge in [-0.05, 0) is 51.0 Å². The van der Waals surface area contributed by atoms with E-state index in [1.54, 1.807) is 0 Å². The summed E-state index contributed by atoms with van der Waals surface area (Å²) in [7, 11) is 0. The van der Waals surface area contributed by atoms with Crippen LogP contribution in [0.2, 0.25) is 0 Å². The molecule has 1 aromatic carbocycles. The van der Waals surface area contributed by atoms with Gasteiger partial charge in [0.2, 0.25) is 0 Å². The van der Waals surface area contributed by atoms with Crippen LogP contribution in [0.4, 0.5) is 5.69 Å². The molecular weight excluding hydrogens is 190 g/mol. The summed E-state index contributed by atoms with van der Waals surface area (Å²) < 4.78 is 5.38. The molecule has 0 saturated heterocycles. The summed E-state index contributed by atoms with van der Waals surface area (Å²) in [6.45, 7) is 8.25. The van der Waals surface area contributed by atoms with E-state index in [1.165, 1.54) is 0 Å². The Balaban J connectivity index is 2.63. The number of aryl methyl sites for hydroxylation is 2. The van der Waals surface area contributed by atoms with E-state index in [9.17, 15) is 5.11 Å². The molecule has 1 aromatic rings. The van der Waals surface area contributed by atoms with E-state index in [1.807, 2.05) is 39.8 Å². The summed E-state index contributed by atoms with van der Waals surface area (Å²) in [6, 6.07) is 3.82. The van der Waals surface area contributed by atoms with Crippen molar-refractivity contribution in [2.24, 2.45) is 0 Å². The maximum Gasteiger partial charge on any atom is 0.121 e. The Bertz CT molecular complexity index is 311. The molecule has 2 N–H and O–H groups in total. The third kappa shape index (κ3) is 3.44. The van der Waals surface area contributed by atoms with Gasteiger partial charge in [0.05, 0.1) is 6.10 Å². The SMILES string of the molecule is Cc1cc(NCOC(C)C)cc(C)c1O. The standard InChI is InChI=1S/C12H19NO2/c1-8(2)15-7-13-11-5-9(3)12(14)10(4)6-11/h5-6,8,13-14H,7H2,1-4H3. The van der Waals surface area contributed by atoms with Gasteiger partial charge in [-0.1, -0.05) is 0 Å². The van der Waals surface area contributed by atoms with E-state index >= 15 is 0 Å². The largest absolute Gasteiger partial charge is 0.507 e. The second kappa shape index (κ2) is 5.03. The lowest BCUT2D eigenvalue weighted by molar-refractivity contribution is 0.0939. The fourth-order valence-corrected chi connectivity index (χ4v) is 1.35. The first-order chi connectivity index (χ1) is 7.00. The Morgan fingerprint density at radius 1 is 1.27 bits per heavy atom. The van der Waals surface area contributed by atoms with Gasteiger partial charge in [0.15, 0.2) is 0 Å². The van der Waals surface area contributed by atoms with Crippen molar-refractivity contribution in [3.63, 3.8) is 0 Å². The lowest BCUT2D eigenvalue weighted by atomic mass is 10.1. The normalized spacial score (nSPS) is 10.7. The van der Waals surface area contributed by atoms with Gasteiger partial charge >= 0.3 is 0 Å². The highest BCUT2D eigenvalue weighted by atomic mass is 16.5. The number of benzene rings is 1. The fourth-order valence-electron chi connectivity index (χ4n) is 1.35. The number of phenolic OH excluding ortho intramolecular Hbond substituents is 1. The molecule has 0 aliphatic heterocycles. The zero-order chi connectivity index (χ0) is 11.4. The highest BCUT2D eigenvalue weighted by Gasteiger charge is 2.02. The molecule has 3 heteroatoms. The third-order valence-corrected chi connectivity index (χ3v) is 2.18. The predicted octanol–water partition coefficient (Wildman–Crippen LogP) is 2.80. The van der Waals surface area contributed by atoms with Crippen LogP contribution in [0, 0.1) is 13.8 Å². The number of anilines is 1. The quantitative estimate of drug-likeness (QED) is 0.592. The topological polar surface area (TPSA) is 41.5 Å². The van der Waals surface area contributed by atoms with Crippen molar-refractivity contribution in [2.45, 2.75) is 33.8 Å². The highest BCUT2D eigenvalue weighted by molar-refractivity contribution is 5.54. The minimum atomic E-state index is 0.219. The summed E-state index contributed by atoms with van der Waals surface area (Å²) in [5.41, 5.74) is 2.73. The summed E-state index contributed by atoms with van der Waals surface area (Å²) in [6.07, 6.45) is 0.219. The molecule has 0 aliphatic rings. The smallest absolute Gasteiger partial charge is 0.121 e. The average molecular weight is 209 g/mol. The monoisotopic (exact) mass is 209 g/mol. The van der Waals surface area contributed by atoms with Gasteiger partial charge in [0, 0.05) is 5.69 Å². The van der Waals surface area contributed by atoms with Gasteiger partial charge in [-0.25, -0.2) is 0 Å². The van der Waals surface area contributed by atoms with Crippen molar-refractivity contribution >= 4 is 5.69 Å². The van der Waals surface area contributed by atoms with Crippen LogP contribution < -0.4 is 5.32 Å². The van der Waals surface area contributed by atoms with E-state index in [4.69, 9.17) is 4.74 Å². The minimum absolute atomic E-state index is 0.219. The van der Waals surface area contributed by atoms with Crippen LogP contribution in [0.5, 0.6) is 5.75 Å². The molecule has 0 spiro atoms. The number of ether oxygens (including phenoxy) is 1. The predicted molar refractivity (Wildman–Crippen MR) is 62.3 cm³/mol. The highest BCUT2D eigenvalue weighted by Crippen LogP contribution is 2.25. The van der Waals surface area contributed by atoms with Crippen molar-refractivity contribution in [1.29, 1.82) is 0 Å². The van der Waals surface area contributed by atoms with Crippen molar-refractivity contribution in [2.75, 3.05) is 12.0 Å². The minimum Gasteiger partial charge on any atom is -0.507 e. The van der Waals surface area contributed by atoms with Crippen LogP contribution in [0.1, 0.15) is 25.0 Å². The molecule has 0 bridgehead atoms. The van der Waals surface area contributed by atoms with Gasteiger partial charge in [-0.15, -0.1) is 0 Å². The number of nitrogens with one attached hydrogen (secondary N) is 1. The van der Waals surface area contributed by atoms with Crippen LogP contribution in [-0.2, 0) is 4.74 Å². The lowest BCUT2D eigenvalue weighted by Crippen LogP contribution is -2.11. The summed E-state index contributed by atoms with van der Waals surface area (Å²) in [5.74, 6) is 0.366.